The van der Waals surface area contributed by atoms with Crippen LogP contribution in [-0.4, -0.2) is 24.9 Å². The van der Waals surface area contributed by atoms with Gasteiger partial charge in [0, 0.05) is 6.54 Å². The van der Waals surface area contributed by atoms with Crippen LogP contribution in [0, 0.1) is 0 Å². The highest BCUT2D eigenvalue weighted by molar-refractivity contribution is 4.88. The van der Waals surface area contributed by atoms with Gasteiger partial charge in [0.25, 0.3) is 0 Å². The van der Waals surface area contributed by atoms with E-state index in [0.29, 0.717) is 6.54 Å². The van der Waals surface area contributed by atoms with E-state index in [1.807, 2.05) is 0 Å². The predicted octanol–water partition coefficient (Wildman–Crippen LogP) is 1.05. The van der Waals surface area contributed by atoms with Crippen LogP contribution < -0.4 is 5.32 Å². The zero-order valence-electron chi connectivity index (χ0n) is 5.45. The van der Waals surface area contributed by atoms with E-state index in [2.05, 4.69) is 5.32 Å². The number of alkyl halides is 2. The van der Waals surface area contributed by atoms with Crippen LogP contribution in [0.1, 0.15) is 13.3 Å². The first-order valence-electron chi connectivity index (χ1n) is 3.16. The van der Waals surface area contributed by atoms with E-state index < -0.39 is 11.8 Å². The molecule has 0 aliphatic carbocycles. The number of hydrogen-bond donors (Lipinski definition) is 1. The number of hydrogen-bond acceptors (Lipinski definition) is 1. The lowest BCUT2D eigenvalue weighted by molar-refractivity contribution is 0.0390. The average Bonchev–Trinajstić information content (AvgIpc) is 1.77. The van der Waals surface area contributed by atoms with Gasteiger partial charge in [-0.25, -0.2) is 8.78 Å². The van der Waals surface area contributed by atoms with Gasteiger partial charge in [0.05, 0.1) is 0 Å². The number of rotatable bonds is 0. The van der Waals surface area contributed by atoms with Gasteiger partial charge in [-0.2, -0.15) is 0 Å². The molecule has 1 N–H and O–H groups in total. The quantitative estimate of drug-likeness (QED) is 0.523. The summed E-state index contributed by atoms with van der Waals surface area (Å²) in [5, 5.41) is 2.78. The minimum absolute atomic E-state index is 0.160. The molecule has 0 bridgehead atoms. The second-order valence-electron chi connectivity index (χ2n) is 2.70. The molecule has 0 aromatic rings. The van der Waals surface area contributed by atoms with Crippen molar-refractivity contribution < 1.29 is 8.78 Å². The minimum atomic E-state index is -1.59. The van der Waals surface area contributed by atoms with E-state index >= 15 is 0 Å². The van der Waals surface area contributed by atoms with Gasteiger partial charge in [0.15, 0.2) is 0 Å². The summed E-state index contributed by atoms with van der Waals surface area (Å²) in [7, 11) is 0. The topological polar surface area (TPSA) is 12.0 Å². The molecular weight excluding hydrogens is 124 g/mol. The van der Waals surface area contributed by atoms with Crippen molar-refractivity contribution in [2.24, 2.45) is 0 Å². The molecule has 1 rings (SSSR count). The Bertz CT molecular complexity index is 103. The normalized spacial score (nSPS) is 45.0. The Morgan fingerprint density at radius 1 is 1.67 bits per heavy atom. The molecule has 3 heteroatoms. The van der Waals surface area contributed by atoms with Crippen LogP contribution in [0.2, 0.25) is 0 Å². The van der Waals surface area contributed by atoms with Crippen molar-refractivity contribution in [3.8, 4) is 0 Å². The van der Waals surface area contributed by atoms with Gasteiger partial charge in [-0.05, 0) is 19.9 Å². The minimum Gasteiger partial charge on any atom is -0.314 e. The largest absolute Gasteiger partial charge is 0.314 e. The number of nitrogens with one attached hydrogen (secondary N) is 1. The molecule has 2 atom stereocenters. The summed E-state index contributed by atoms with van der Waals surface area (Å²) in [6, 6.07) is 0. The van der Waals surface area contributed by atoms with Crippen LogP contribution in [0.25, 0.3) is 0 Å². The highest BCUT2D eigenvalue weighted by Crippen LogP contribution is 2.24. The molecule has 1 heterocycles. The van der Waals surface area contributed by atoms with Crippen LogP contribution in [-0.2, 0) is 0 Å². The van der Waals surface area contributed by atoms with E-state index in [4.69, 9.17) is 0 Å². The van der Waals surface area contributed by atoms with Crippen LogP contribution >= 0.6 is 0 Å². The first-order valence-corrected chi connectivity index (χ1v) is 3.16. The second kappa shape index (κ2) is 2.21. The summed E-state index contributed by atoms with van der Waals surface area (Å²) in [5.41, 5.74) is -1.59. The van der Waals surface area contributed by atoms with Crippen molar-refractivity contribution in [3.05, 3.63) is 0 Å². The van der Waals surface area contributed by atoms with Crippen molar-refractivity contribution in [3.63, 3.8) is 0 Å². The Labute approximate surface area is 53.4 Å². The fraction of sp³-hybridized carbons (Fsp3) is 1.00. The Hall–Kier alpha value is -0.180. The highest BCUT2D eigenvalue weighted by Gasteiger charge is 2.36. The molecule has 1 nitrogen and oxygen atoms in total. The second-order valence-corrected chi connectivity index (χ2v) is 2.70. The van der Waals surface area contributed by atoms with Gasteiger partial charge in [-0.1, -0.05) is 0 Å². The molecule has 0 spiro atoms. The maximum absolute atomic E-state index is 12.8. The lowest BCUT2D eigenvalue weighted by Gasteiger charge is -2.29. The summed E-state index contributed by atoms with van der Waals surface area (Å²) in [4.78, 5) is 0. The van der Waals surface area contributed by atoms with E-state index in [1.165, 1.54) is 6.92 Å². The smallest absolute Gasteiger partial charge is 0.146 e. The Morgan fingerprint density at radius 3 is 2.67 bits per heavy atom. The van der Waals surface area contributed by atoms with Crippen molar-refractivity contribution in [2.45, 2.75) is 25.2 Å². The Morgan fingerprint density at radius 2 is 2.33 bits per heavy atom. The van der Waals surface area contributed by atoms with Gasteiger partial charge in [-0.3, -0.25) is 0 Å². The zero-order chi connectivity index (χ0) is 6.91. The molecule has 0 amide bonds. The summed E-state index contributed by atoms with van der Waals surface area (Å²) >= 11 is 0. The fourth-order valence-electron chi connectivity index (χ4n) is 0.931. The monoisotopic (exact) mass is 135 g/mol. The van der Waals surface area contributed by atoms with E-state index in [0.717, 1.165) is 0 Å². The number of piperidine rings is 1. The summed E-state index contributed by atoms with van der Waals surface area (Å²) in [6.07, 6.45) is -1.04. The maximum Gasteiger partial charge on any atom is 0.146 e. The first-order chi connectivity index (χ1) is 4.13. The van der Waals surface area contributed by atoms with Crippen molar-refractivity contribution in [1.29, 1.82) is 0 Å². The summed E-state index contributed by atoms with van der Waals surface area (Å²) in [5.74, 6) is 0. The maximum atomic E-state index is 12.8. The Kier molecular flexibility index (Phi) is 1.70. The first kappa shape index (κ1) is 6.93. The van der Waals surface area contributed by atoms with Crippen LogP contribution in [0.3, 0.4) is 0 Å². The van der Waals surface area contributed by atoms with Gasteiger partial charge < -0.3 is 5.32 Å². The third kappa shape index (κ3) is 1.39. The lowest BCUT2D eigenvalue weighted by atomic mass is 9.95. The summed E-state index contributed by atoms with van der Waals surface area (Å²) < 4.78 is 25.4. The molecule has 0 radical (unpaired) electrons. The fourth-order valence-corrected chi connectivity index (χ4v) is 0.931. The van der Waals surface area contributed by atoms with E-state index in [1.54, 1.807) is 0 Å². The molecule has 0 saturated carbocycles. The zero-order valence-corrected chi connectivity index (χ0v) is 5.45. The van der Waals surface area contributed by atoms with Crippen LogP contribution in [0.5, 0.6) is 0 Å². The average molecular weight is 135 g/mol. The standard InChI is InChI=1S/C6H11F2N/c1-6(8)2-3-9-4-5(6)7/h5,9H,2-4H2,1H3. The third-order valence-electron chi connectivity index (χ3n) is 1.77. The van der Waals surface area contributed by atoms with Gasteiger partial charge in [0.1, 0.15) is 11.8 Å². The predicted molar refractivity (Wildman–Crippen MR) is 31.9 cm³/mol. The van der Waals surface area contributed by atoms with Crippen molar-refractivity contribution in [1.82, 2.24) is 5.32 Å². The molecule has 9 heavy (non-hydrogen) atoms. The molecule has 0 aromatic carbocycles. The van der Waals surface area contributed by atoms with Crippen LogP contribution in [0.4, 0.5) is 8.78 Å². The lowest BCUT2D eigenvalue weighted by Crippen LogP contribution is -2.46. The molecule has 1 saturated heterocycles. The molecular formula is C6H11F2N. The van der Waals surface area contributed by atoms with Crippen molar-refractivity contribution >= 4 is 0 Å². The molecule has 2 unspecified atom stereocenters. The molecule has 1 fully saturated rings. The van der Waals surface area contributed by atoms with Gasteiger partial charge >= 0.3 is 0 Å². The van der Waals surface area contributed by atoms with Crippen molar-refractivity contribution in [2.75, 3.05) is 13.1 Å². The SMILES string of the molecule is CC1(F)CCNCC1F. The third-order valence-corrected chi connectivity index (χ3v) is 1.77. The molecule has 1 aliphatic heterocycles. The molecule has 1 aliphatic rings. The molecule has 0 aromatic heterocycles. The molecule has 54 valence electrons. The van der Waals surface area contributed by atoms with Gasteiger partial charge in [-0.15, -0.1) is 0 Å². The van der Waals surface area contributed by atoms with Gasteiger partial charge in [0.2, 0.25) is 0 Å². The highest BCUT2D eigenvalue weighted by atomic mass is 19.2. The van der Waals surface area contributed by atoms with E-state index in [-0.39, 0.29) is 13.0 Å². The van der Waals surface area contributed by atoms with Crippen LogP contribution in [0.15, 0.2) is 0 Å². The number of halogens is 2. The summed E-state index contributed by atoms with van der Waals surface area (Å²) in [6.45, 7) is 2.07. The Balaban J connectivity index is 2.49. The van der Waals surface area contributed by atoms with E-state index in [9.17, 15) is 8.78 Å².